The lowest BCUT2D eigenvalue weighted by Gasteiger charge is -2.23. The van der Waals surface area contributed by atoms with E-state index >= 15 is 0 Å². The van der Waals surface area contributed by atoms with Crippen molar-refractivity contribution in [3.8, 4) is 0 Å². The van der Waals surface area contributed by atoms with Crippen LogP contribution in [-0.4, -0.2) is 29.7 Å². The van der Waals surface area contributed by atoms with E-state index in [0.29, 0.717) is 11.3 Å². The van der Waals surface area contributed by atoms with Crippen molar-refractivity contribution in [2.24, 2.45) is 11.7 Å². The second kappa shape index (κ2) is 6.45. The zero-order valence-electron chi connectivity index (χ0n) is 13.1. The number of anilines is 1. The van der Waals surface area contributed by atoms with Gasteiger partial charge in [0.25, 0.3) is 0 Å². The fourth-order valence-corrected chi connectivity index (χ4v) is 3.87. The Bertz CT molecular complexity index is 788. The average molecular weight is 343 g/mol. The molecular weight excluding hydrogens is 326 g/mol. The molecule has 1 aliphatic heterocycles. The Hall–Kier alpha value is -2.67. The number of amides is 3. The maximum absolute atomic E-state index is 12.7. The summed E-state index contributed by atoms with van der Waals surface area (Å²) in [6, 6.07) is 10.0. The van der Waals surface area contributed by atoms with E-state index in [9.17, 15) is 14.4 Å². The molecule has 1 saturated heterocycles. The highest BCUT2D eigenvalue weighted by atomic mass is 32.1. The third-order valence-corrected chi connectivity index (χ3v) is 5.12. The smallest absolute Gasteiger partial charge is 0.248 e. The molecule has 0 saturated carbocycles. The number of likely N-dealkylation sites (tertiary alicyclic amines) is 1. The van der Waals surface area contributed by atoms with Crippen LogP contribution in [0.5, 0.6) is 0 Å². The monoisotopic (exact) mass is 343 g/mol. The van der Waals surface area contributed by atoms with E-state index < -0.39 is 11.8 Å². The van der Waals surface area contributed by atoms with Crippen LogP contribution < -0.4 is 11.1 Å². The largest absolute Gasteiger partial charge is 0.366 e. The second-order valence-corrected chi connectivity index (χ2v) is 6.69. The van der Waals surface area contributed by atoms with Crippen molar-refractivity contribution in [2.75, 3.05) is 12.4 Å². The lowest BCUT2D eigenvalue weighted by molar-refractivity contribution is -0.127. The Labute approximate surface area is 143 Å². The fourth-order valence-electron chi connectivity index (χ4n) is 2.94. The van der Waals surface area contributed by atoms with Gasteiger partial charge in [-0.25, -0.2) is 0 Å². The summed E-state index contributed by atoms with van der Waals surface area (Å²) >= 11 is 1.52. The van der Waals surface area contributed by atoms with E-state index in [1.54, 1.807) is 30.1 Å². The van der Waals surface area contributed by atoms with Gasteiger partial charge in [0.05, 0.1) is 12.0 Å². The van der Waals surface area contributed by atoms with Gasteiger partial charge in [0.2, 0.25) is 17.7 Å². The summed E-state index contributed by atoms with van der Waals surface area (Å²) in [5.74, 6) is -1.33. The summed E-state index contributed by atoms with van der Waals surface area (Å²) < 4.78 is 0. The van der Waals surface area contributed by atoms with E-state index in [1.807, 2.05) is 17.5 Å². The van der Waals surface area contributed by atoms with Gasteiger partial charge < -0.3 is 16.0 Å². The highest BCUT2D eigenvalue weighted by Gasteiger charge is 2.43. The number of carbonyl (C=O) groups excluding carboxylic acids is 3. The van der Waals surface area contributed by atoms with E-state index in [0.717, 1.165) is 4.88 Å². The first-order valence-corrected chi connectivity index (χ1v) is 8.35. The van der Waals surface area contributed by atoms with Crippen LogP contribution in [0.2, 0.25) is 0 Å². The summed E-state index contributed by atoms with van der Waals surface area (Å²) in [7, 11) is 1.72. The van der Waals surface area contributed by atoms with Crippen molar-refractivity contribution in [3.63, 3.8) is 0 Å². The van der Waals surface area contributed by atoms with E-state index in [1.165, 1.54) is 17.4 Å². The summed E-state index contributed by atoms with van der Waals surface area (Å²) in [6.07, 6.45) is 0.167. The highest BCUT2D eigenvalue weighted by molar-refractivity contribution is 7.10. The van der Waals surface area contributed by atoms with Crippen molar-refractivity contribution in [3.05, 3.63) is 52.2 Å². The predicted molar refractivity (Wildman–Crippen MR) is 91.5 cm³/mol. The first kappa shape index (κ1) is 16.2. The summed E-state index contributed by atoms with van der Waals surface area (Å²) in [4.78, 5) is 38.6. The SMILES string of the molecule is CN1C(=O)C[C@H](C(=O)Nc2cccc(C(N)=O)c2)[C@H]1c1cccs1. The van der Waals surface area contributed by atoms with Crippen molar-refractivity contribution < 1.29 is 14.4 Å². The quantitative estimate of drug-likeness (QED) is 0.889. The standard InChI is InChI=1S/C17H17N3O3S/c1-20-14(21)9-12(15(20)13-6-3-7-24-13)17(23)19-11-5-2-4-10(8-11)16(18)22/h2-8,12,15H,9H2,1H3,(H2,18,22)(H,19,23)/t12-,15-/m0/s1. The highest BCUT2D eigenvalue weighted by Crippen LogP contribution is 2.39. The van der Waals surface area contributed by atoms with Crippen LogP contribution in [0, 0.1) is 5.92 Å². The van der Waals surface area contributed by atoms with Gasteiger partial charge in [-0.05, 0) is 29.6 Å². The molecule has 1 aromatic heterocycles. The Morgan fingerprint density at radius 1 is 1.29 bits per heavy atom. The third-order valence-electron chi connectivity index (χ3n) is 4.17. The maximum atomic E-state index is 12.7. The van der Waals surface area contributed by atoms with Crippen LogP contribution in [0.15, 0.2) is 41.8 Å². The molecule has 0 radical (unpaired) electrons. The van der Waals surface area contributed by atoms with Gasteiger partial charge in [0.1, 0.15) is 0 Å². The minimum atomic E-state index is -0.557. The van der Waals surface area contributed by atoms with Crippen molar-refractivity contribution in [2.45, 2.75) is 12.5 Å². The Kier molecular flexibility index (Phi) is 4.35. The number of thiophene rings is 1. The molecule has 3 rings (SSSR count). The third kappa shape index (κ3) is 3.03. The summed E-state index contributed by atoms with van der Waals surface area (Å²) in [5.41, 5.74) is 6.07. The Morgan fingerprint density at radius 2 is 2.08 bits per heavy atom. The van der Waals surface area contributed by atoms with Crippen molar-refractivity contribution in [1.29, 1.82) is 0 Å². The molecular formula is C17H17N3O3S. The number of nitrogens with two attached hydrogens (primary N) is 1. The molecule has 0 aliphatic carbocycles. The maximum Gasteiger partial charge on any atom is 0.248 e. The summed E-state index contributed by atoms with van der Waals surface area (Å²) in [5, 5.41) is 4.72. The molecule has 1 aromatic carbocycles. The molecule has 3 amide bonds. The van der Waals surface area contributed by atoms with E-state index in [-0.39, 0.29) is 24.3 Å². The molecule has 3 N–H and O–H groups in total. The van der Waals surface area contributed by atoms with Gasteiger partial charge in [0.15, 0.2) is 0 Å². The lowest BCUT2D eigenvalue weighted by atomic mass is 9.97. The molecule has 1 aliphatic rings. The second-order valence-electron chi connectivity index (χ2n) is 5.71. The van der Waals surface area contributed by atoms with Crippen molar-refractivity contribution >= 4 is 34.7 Å². The molecule has 2 heterocycles. The Morgan fingerprint density at radius 3 is 2.75 bits per heavy atom. The molecule has 24 heavy (non-hydrogen) atoms. The van der Waals surface area contributed by atoms with Gasteiger partial charge in [0, 0.05) is 29.6 Å². The normalized spacial score (nSPS) is 20.2. The minimum absolute atomic E-state index is 0.0561. The van der Waals surface area contributed by atoms with Crippen LogP contribution in [0.3, 0.4) is 0 Å². The molecule has 0 unspecified atom stereocenters. The summed E-state index contributed by atoms with van der Waals surface area (Å²) in [6.45, 7) is 0. The van der Waals surface area contributed by atoms with Crippen molar-refractivity contribution in [1.82, 2.24) is 4.90 Å². The van der Waals surface area contributed by atoms with Crippen LogP contribution in [0.25, 0.3) is 0 Å². The number of hydrogen-bond donors (Lipinski definition) is 2. The number of hydrogen-bond acceptors (Lipinski definition) is 4. The van der Waals surface area contributed by atoms with Crippen LogP contribution in [0.4, 0.5) is 5.69 Å². The Balaban J connectivity index is 1.82. The average Bonchev–Trinajstić information content (AvgIpc) is 3.16. The number of benzene rings is 1. The number of rotatable bonds is 4. The lowest BCUT2D eigenvalue weighted by Crippen LogP contribution is -2.29. The van der Waals surface area contributed by atoms with E-state index in [4.69, 9.17) is 5.73 Å². The van der Waals surface area contributed by atoms with Gasteiger partial charge >= 0.3 is 0 Å². The van der Waals surface area contributed by atoms with Crippen LogP contribution in [0.1, 0.15) is 27.7 Å². The number of nitrogens with zero attached hydrogens (tertiary/aromatic N) is 1. The molecule has 1 fully saturated rings. The zero-order chi connectivity index (χ0) is 17.3. The first-order valence-electron chi connectivity index (χ1n) is 7.47. The first-order chi connectivity index (χ1) is 11.5. The molecule has 6 nitrogen and oxygen atoms in total. The molecule has 2 atom stereocenters. The van der Waals surface area contributed by atoms with E-state index in [2.05, 4.69) is 5.32 Å². The van der Waals surface area contributed by atoms with Gasteiger partial charge in [-0.1, -0.05) is 12.1 Å². The van der Waals surface area contributed by atoms with Crippen LogP contribution >= 0.6 is 11.3 Å². The van der Waals surface area contributed by atoms with Gasteiger partial charge in [-0.3, -0.25) is 14.4 Å². The molecule has 124 valence electrons. The molecule has 0 spiro atoms. The number of carbonyl (C=O) groups is 3. The molecule has 2 aromatic rings. The number of nitrogens with one attached hydrogen (secondary N) is 1. The fraction of sp³-hybridized carbons (Fsp3) is 0.235. The molecule has 7 heteroatoms. The number of primary amides is 1. The zero-order valence-corrected chi connectivity index (χ0v) is 13.9. The van der Waals surface area contributed by atoms with Gasteiger partial charge in [-0.15, -0.1) is 11.3 Å². The predicted octanol–water partition coefficient (Wildman–Crippen LogP) is 2.01. The minimum Gasteiger partial charge on any atom is -0.366 e. The van der Waals surface area contributed by atoms with Gasteiger partial charge in [-0.2, -0.15) is 0 Å². The van der Waals surface area contributed by atoms with Crippen LogP contribution in [-0.2, 0) is 9.59 Å². The molecule has 0 bridgehead atoms. The topological polar surface area (TPSA) is 92.5 Å².